The van der Waals surface area contributed by atoms with Gasteiger partial charge < -0.3 is 15.4 Å². The van der Waals surface area contributed by atoms with Crippen LogP contribution in [-0.2, 0) is 4.79 Å². The standard InChI is InChI=1S/C15H21ClN2O2/c1-18(15(19)11-2-5-13(17)10-11)8-9-20-14-6-3-12(16)4-7-14/h3-4,6-7,11,13H,2,5,8-10,17H2,1H3. The fourth-order valence-corrected chi connectivity index (χ4v) is 2.62. The van der Waals surface area contributed by atoms with E-state index in [0.29, 0.717) is 18.2 Å². The molecule has 0 radical (unpaired) electrons. The molecule has 2 N–H and O–H groups in total. The Morgan fingerprint density at radius 3 is 2.70 bits per heavy atom. The summed E-state index contributed by atoms with van der Waals surface area (Å²) in [6.07, 6.45) is 2.66. The fraction of sp³-hybridized carbons (Fsp3) is 0.533. The summed E-state index contributed by atoms with van der Waals surface area (Å²) in [6.45, 7) is 1.05. The summed E-state index contributed by atoms with van der Waals surface area (Å²) in [7, 11) is 1.82. The molecule has 5 heteroatoms. The average molecular weight is 297 g/mol. The zero-order chi connectivity index (χ0) is 14.5. The zero-order valence-electron chi connectivity index (χ0n) is 11.7. The summed E-state index contributed by atoms with van der Waals surface area (Å²) < 4.78 is 5.59. The van der Waals surface area contributed by atoms with Crippen LogP contribution in [0.5, 0.6) is 5.75 Å². The lowest BCUT2D eigenvalue weighted by molar-refractivity contribution is -0.134. The highest BCUT2D eigenvalue weighted by Gasteiger charge is 2.29. The molecular formula is C15H21ClN2O2. The summed E-state index contributed by atoms with van der Waals surface area (Å²) in [5.74, 6) is 1.03. The van der Waals surface area contributed by atoms with Gasteiger partial charge in [0.25, 0.3) is 0 Å². The van der Waals surface area contributed by atoms with Gasteiger partial charge in [-0.05, 0) is 43.5 Å². The molecule has 1 amide bonds. The van der Waals surface area contributed by atoms with Gasteiger partial charge in [-0.1, -0.05) is 11.6 Å². The number of likely N-dealkylation sites (N-methyl/N-ethyl adjacent to an activating group) is 1. The summed E-state index contributed by atoms with van der Waals surface area (Å²) in [5.41, 5.74) is 5.85. The predicted molar refractivity (Wildman–Crippen MR) is 79.9 cm³/mol. The molecule has 0 heterocycles. The molecule has 1 fully saturated rings. The van der Waals surface area contributed by atoms with Crippen molar-refractivity contribution in [1.29, 1.82) is 0 Å². The number of carbonyl (C=O) groups excluding carboxylic acids is 1. The van der Waals surface area contributed by atoms with Crippen LogP contribution in [0.1, 0.15) is 19.3 Å². The van der Waals surface area contributed by atoms with Crippen molar-refractivity contribution in [2.45, 2.75) is 25.3 Å². The van der Waals surface area contributed by atoms with Crippen molar-refractivity contribution in [3.05, 3.63) is 29.3 Å². The quantitative estimate of drug-likeness (QED) is 0.907. The highest BCUT2D eigenvalue weighted by Crippen LogP contribution is 2.25. The van der Waals surface area contributed by atoms with Crippen LogP contribution in [0.25, 0.3) is 0 Å². The van der Waals surface area contributed by atoms with Crippen LogP contribution in [0.4, 0.5) is 0 Å². The molecule has 0 bridgehead atoms. The number of hydrogen-bond acceptors (Lipinski definition) is 3. The lowest BCUT2D eigenvalue weighted by Crippen LogP contribution is -2.35. The summed E-state index contributed by atoms with van der Waals surface area (Å²) >= 11 is 5.80. The molecule has 1 aromatic carbocycles. The van der Waals surface area contributed by atoms with E-state index in [4.69, 9.17) is 22.1 Å². The molecule has 0 saturated heterocycles. The first-order chi connectivity index (χ1) is 9.56. The summed E-state index contributed by atoms with van der Waals surface area (Å²) in [4.78, 5) is 13.9. The minimum absolute atomic E-state index is 0.0885. The van der Waals surface area contributed by atoms with E-state index >= 15 is 0 Å². The molecule has 1 saturated carbocycles. The molecule has 2 rings (SSSR count). The number of rotatable bonds is 5. The second-order valence-corrected chi connectivity index (χ2v) is 5.77. The second-order valence-electron chi connectivity index (χ2n) is 5.33. The molecule has 2 atom stereocenters. The Labute approximate surface area is 124 Å². The number of amides is 1. The topological polar surface area (TPSA) is 55.6 Å². The molecule has 1 aromatic rings. The van der Waals surface area contributed by atoms with E-state index in [0.717, 1.165) is 25.0 Å². The smallest absolute Gasteiger partial charge is 0.225 e. The SMILES string of the molecule is CN(CCOc1ccc(Cl)cc1)C(=O)C1CCC(N)C1. The van der Waals surface area contributed by atoms with Crippen molar-refractivity contribution in [2.75, 3.05) is 20.2 Å². The Hall–Kier alpha value is -1.26. The second kappa shape index (κ2) is 6.95. The first-order valence-corrected chi connectivity index (χ1v) is 7.33. The lowest BCUT2D eigenvalue weighted by atomic mass is 10.1. The van der Waals surface area contributed by atoms with E-state index in [2.05, 4.69) is 0 Å². The summed E-state index contributed by atoms with van der Waals surface area (Å²) in [5, 5.41) is 0.683. The van der Waals surface area contributed by atoms with Crippen molar-refractivity contribution >= 4 is 17.5 Å². The molecular weight excluding hydrogens is 276 g/mol. The van der Waals surface area contributed by atoms with E-state index in [1.807, 2.05) is 19.2 Å². The number of benzene rings is 1. The van der Waals surface area contributed by atoms with Gasteiger partial charge in [0.05, 0.1) is 6.54 Å². The van der Waals surface area contributed by atoms with Crippen molar-refractivity contribution in [3.63, 3.8) is 0 Å². The Kier molecular flexibility index (Phi) is 5.26. The largest absolute Gasteiger partial charge is 0.492 e. The molecule has 20 heavy (non-hydrogen) atoms. The van der Waals surface area contributed by atoms with Gasteiger partial charge in [-0.3, -0.25) is 4.79 Å². The van der Waals surface area contributed by atoms with Crippen LogP contribution < -0.4 is 10.5 Å². The van der Waals surface area contributed by atoms with Crippen LogP contribution >= 0.6 is 11.6 Å². The van der Waals surface area contributed by atoms with Crippen LogP contribution in [-0.4, -0.2) is 37.0 Å². The van der Waals surface area contributed by atoms with Gasteiger partial charge in [0, 0.05) is 24.0 Å². The molecule has 2 unspecified atom stereocenters. The molecule has 1 aliphatic carbocycles. The molecule has 1 aliphatic rings. The average Bonchev–Trinajstić information content (AvgIpc) is 2.86. The summed E-state index contributed by atoms with van der Waals surface area (Å²) in [6, 6.07) is 7.39. The molecule has 0 aromatic heterocycles. The molecule has 0 spiro atoms. The molecule has 110 valence electrons. The van der Waals surface area contributed by atoms with Gasteiger partial charge in [-0.15, -0.1) is 0 Å². The highest BCUT2D eigenvalue weighted by atomic mass is 35.5. The zero-order valence-corrected chi connectivity index (χ0v) is 12.5. The first-order valence-electron chi connectivity index (χ1n) is 6.95. The number of hydrogen-bond donors (Lipinski definition) is 1. The van der Waals surface area contributed by atoms with Crippen molar-refractivity contribution < 1.29 is 9.53 Å². The van der Waals surface area contributed by atoms with E-state index in [1.165, 1.54) is 0 Å². The van der Waals surface area contributed by atoms with E-state index < -0.39 is 0 Å². The van der Waals surface area contributed by atoms with Gasteiger partial charge in [0.1, 0.15) is 12.4 Å². The maximum atomic E-state index is 12.2. The van der Waals surface area contributed by atoms with Crippen molar-refractivity contribution in [2.24, 2.45) is 11.7 Å². The van der Waals surface area contributed by atoms with Gasteiger partial charge in [0.15, 0.2) is 0 Å². The van der Waals surface area contributed by atoms with Gasteiger partial charge in [-0.25, -0.2) is 0 Å². The maximum Gasteiger partial charge on any atom is 0.225 e. The van der Waals surface area contributed by atoms with Crippen LogP contribution in [0.2, 0.25) is 5.02 Å². The van der Waals surface area contributed by atoms with Crippen LogP contribution in [0.15, 0.2) is 24.3 Å². The van der Waals surface area contributed by atoms with Gasteiger partial charge in [0.2, 0.25) is 5.91 Å². The third kappa shape index (κ3) is 4.12. The Balaban J connectivity index is 1.73. The van der Waals surface area contributed by atoms with Crippen LogP contribution in [0, 0.1) is 5.92 Å². The van der Waals surface area contributed by atoms with Gasteiger partial charge in [-0.2, -0.15) is 0 Å². The first kappa shape index (κ1) is 15.1. The minimum atomic E-state index is 0.0885. The van der Waals surface area contributed by atoms with Crippen LogP contribution in [0.3, 0.4) is 0 Å². The molecule has 0 aliphatic heterocycles. The number of carbonyl (C=O) groups is 1. The monoisotopic (exact) mass is 296 g/mol. The Morgan fingerprint density at radius 2 is 2.10 bits per heavy atom. The normalized spacial score (nSPS) is 21.8. The number of halogens is 1. The molecule has 4 nitrogen and oxygen atoms in total. The van der Waals surface area contributed by atoms with E-state index in [1.54, 1.807) is 17.0 Å². The number of nitrogens with two attached hydrogens (primary N) is 1. The van der Waals surface area contributed by atoms with E-state index in [9.17, 15) is 4.79 Å². The van der Waals surface area contributed by atoms with Crippen molar-refractivity contribution in [3.8, 4) is 5.75 Å². The minimum Gasteiger partial charge on any atom is -0.492 e. The lowest BCUT2D eigenvalue weighted by Gasteiger charge is -2.21. The Bertz CT molecular complexity index is 450. The highest BCUT2D eigenvalue weighted by molar-refractivity contribution is 6.30. The third-order valence-electron chi connectivity index (χ3n) is 3.71. The van der Waals surface area contributed by atoms with Gasteiger partial charge >= 0.3 is 0 Å². The Morgan fingerprint density at radius 1 is 1.40 bits per heavy atom. The van der Waals surface area contributed by atoms with Crippen molar-refractivity contribution in [1.82, 2.24) is 4.90 Å². The third-order valence-corrected chi connectivity index (χ3v) is 3.96. The predicted octanol–water partition coefficient (Wildman–Crippen LogP) is 2.30. The number of nitrogens with zero attached hydrogens (tertiary/aromatic N) is 1. The maximum absolute atomic E-state index is 12.2. The van der Waals surface area contributed by atoms with E-state index in [-0.39, 0.29) is 17.9 Å². The number of ether oxygens (including phenoxy) is 1. The fourth-order valence-electron chi connectivity index (χ4n) is 2.49.